The van der Waals surface area contributed by atoms with Crippen molar-refractivity contribution >= 4 is 58.0 Å². The number of carbonyl (C=O) groups excluding carboxylic acids is 3. The highest BCUT2D eigenvalue weighted by Gasteiger charge is 2.40. The number of alkyl halides is 3. The van der Waals surface area contributed by atoms with Gasteiger partial charge in [-0.05, 0) is 60.2 Å². The molecule has 0 saturated carbocycles. The van der Waals surface area contributed by atoms with Crippen molar-refractivity contribution in [3.05, 3.63) is 99.7 Å². The quantitative estimate of drug-likeness (QED) is 0.382. The molecule has 1 heterocycles. The molecule has 0 unspecified atom stereocenters. The molecule has 0 atom stereocenters. The van der Waals surface area contributed by atoms with Gasteiger partial charge < -0.3 is 10.6 Å². The van der Waals surface area contributed by atoms with Gasteiger partial charge >= 0.3 is 6.18 Å². The molecule has 4 rings (SSSR count). The summed E-state index contributed by atoms with van der Waals surface area (Å²) in [5, 5.41) is 5.58. The zero-order chi connectivity index (χ0) is 26.0. The zero-order valence-corrected chi connectivity index (χ0v) is 19.7. The van der Waals surface area contributed by atoms with E-state index in [0.717, 1.165) is 12.1 Å². The Morgan fingerprint density at radius 1 is 0.861 bits per heavy atom. The summed E-state index contributed by atoms with van der Waals surface area (Å²) in [5.74, 6) is -2.09. The van der Waals surface area contributed by atoms with E-state index >= 15 is 0 Å². The van der Waals surface area contributed by atoms with Gasteiger partial charge in [-0.25, -0.2) is 4.90 Å². The number of imide groups is 1. The minimum atomic E-state index is -4.65. The maximum atomic E-state index is 13.1. The molecule has 0 saturated heterocycles. The van der Waals surface area contributed by atoms with E-state index in [4.69, 9.17) is 23.2 Å². The third-order valence-corrected chi connectivity index (χ3v) is 5.78. The molecule has 3 amide bonds. The van der Waals surface area contributed by atoms with Crippen molar-refractivity contribution in [3.8, 4) is 0 Å². The van der Waals surface area contributed by atoms with Crippen molar-refractivity contribution in [3.63, 3.8) is 0 Å². The number of hydrogen-bond donors (Lipinski definition) is 2. The predicted octanol–water partition coefficient (Wildman–Crippen LogP) is 5.98. The van der Waals surface area contributed by atoms with Crippen LogP contribution in [-0.4, -0.2) is 17.7 Å². The van der Waals surface area contributed by atoms with Crippen LogP contribution in [0.3, 0.4) is 0 Å². The highest BCUT2D eigenvalue weighted by molar-refractivity contribution is 6.53. The Bertz CT molecular complexity index is 1370. The molecule has 0 aromatic heterocycles. The minimum absolute atomic E-state index is 0.0765. The lowest BCUT2D eigenvalue weighted by Gasteiger charge is -2.17. The predicted molar refractivity (Wildman–Crippen MR) is 131 cm³/mol. The molecule has 0 bridgehead atoms. The molecule has 3 aromatic rings. The molecule has 1 aliphatic rings. The Morgan fingerprint density at radius 2 is 1.50 bits per heavy atom. The van der Waals surface area contributed by atoms with Gasteiger partial charge in [-0.15, -0.1) is 0 Å². The van der Waals surface area contributed by atoms with Gasteiger partial charge in [0.05, 0.1) is 17.7 Å². The molecule has 0 aliphatic carbocycles. The fraction of sp³-hybridized carbons (Fsp3) is 0.0800. The third kappa shape index (κ3) is 5.53. The first kappa shape index (κ1) is 25.3. The lowest BCUT2D eigenvalue weighted by molar-refractivity contribution is -0.137. The van der Waals surface area contributed by atoms with Crippen molar-refractivity contribution in [2.45, 2.75) is 12.6 Å². The van der Waals surface area contributed by atoms with Crippen molar-refractivity contribution < 1.29 is 27.6 Å². The Kier molecular flexibility index (Phi) is 7.05. The Morgan fingerprint density at radius 3 is 2.14 bits per heavy atom. The number of hydrogen-bond acceptors (Lipinski definition) is 4. The smallest absolute Gasteiger partial charge is 0.350 e. The van der Waals surface area contributed by atoms with Gasteiger partial charge in [0.1, 0.15) is 10.7 Å². The lowest BCUT2D eigenvalue weighted by atomic mass is 10.1. The van der Waals surface area contributed by atoms with Crippen LogP contribution < -0.4 is 15.5 Å². The van der Waals surface area contributed by atoms with E-state index in [-0.39, 0.29) is 23.7 Å². The summed E-state index contributed by atoms with van der Waals surface area (Å²) in [7, 11) is 0. The first-order valence-corrected chi connectivity index (χ1v) is 11.2. The van der Waals surface area contributed by atoms with Gasteiger partial charge in [-0.1, -0.05) is 41.4 Å². The summed E-state index contributed by atoms with van der Waals surface area (Å²) < 4.78 is 39.2. The van der Waals surface area contributed by atoms with Gasteiger partial charge in [-0.3, -0.25) is 14.4 Å². The number of anilines is 3. The van der Waals surface area contributed by atoms with E-state index in [1.807, 2.05) is 0 Å². The highest BCUT2D eigenvalue weighted by atomic mass is 35.5. The van der Waals surface area contributed by atoms with Crippen LogP contribution in [-0.2, 0) is 27.0 Å². The Hall–Kier alpha value is -3.82. The highest BCUT2D eigenvalue weighted by Crippen LogP contribution is 2.35. The fourth-order valence-electron chi connectivity index (χ4n) is 3.44. The monoisotopic (exact) mass is 533 g/mol. The van der Waals surface area contributed by atoms with E-state index in [1.165, 1.54) is 6.07 Å². The molecule has 0 spiro atoms. The summed E-state index contributed by atoms with van der Waals surface area (Å²) >= 11 is 11.9. The molecule has 11 heteroatoms. The van der Waals surface area contributed by atoms with E-state index < -0.39 is 28.6 Å². The van der Waals surface area contributed by atoms with E-state index in [1.54, 1.807) is 48.5 Å². The number of nitrogens with one attached hydrogen (secondary N) is 2. The maximum absolute atomic E-state index is 13.1. The second-order valence-electron chi connectivity index (χ2n) is 7.74. The van der Waals surface area contributed by atoms with E-state index in [2.05, 4.69) is 10.6 Å². The summed E-state index contributed by atoms with van der Waals surface area (Å²) in [6.07, 6.45) is -4.57. The summed E-state index contributed by atoms with van der Waals surface area (Å²) in [6.45, 7) is 0. The van der Waals surface area contributed by atoms with Crippen molar-refractivity contribution in [2.24, 2.45) is 0 Å². The number of amides is 3. The Labute approximate surface area is 213 Å². The van der Waals surface area contributed by atoms with Gasteiger partial charge in [0.15, 0.2) is 0 Å². The van der Waals surface area contributed by atoms with Crippen LogP contribution in [0.4, 0.5) is 30.2 Å². The minimum Gasteiger partial charge on any atom is -0.350 e. The van der Waals surface area contributed by atoms with Crippen LogP contribution in [0.5, 0.6) is 0 Å². The van der Waals surface area contributed by atoms with Crippen molar-refractivity contribution in [1.29, 1.82) is 0 Å². The standard InChI is InChI=1S/C25H16Cl2F3N3O3/c26-16-6-10-17(11-7-16)31-20(34)12-14-4-8-18(9-5-14)32-22-21(27)23(35)33(24(22)36)19-3-1-2-15(13-19)25(28,29)30/h1-11,13,32H,12H2,(H,31,34). The van der Waals surface area contributed by atoms with Gasteiger partial charge in [0.25, 0.3) is 11.8 Å². The summed E-state index contributed by atoms with van der Waals surface area (Å²) in [4.78, 5) is 38.3. The lowest BCUT2D eigenvalue weighted by Crippen LogP contribution is -2.32. The molecule has 6 nitrogen and oxygen atoms in total. The SMILES string of the molecule is O=C(Cc1ccc(NC2=C(Cl)C(=O)N(c3cccc(C(F)(F)F)c3)C2=O)cc1)Nc1ccc(Cl)cc1. The van der Waals surface area contributed by atoms with Crippen LogP contribution >= 0.6 is 23.2 Å². The number of nitrogens with zero attached hydrogens (tertiary/aromatic N) is 1. The number of benzene rings is 3. The molecule has 0 radical (unpaired) electrons. The number of rotatable bonds is 6. The fourth-order valence-corrected chi connectivity index (χ4v) is 3.78. The molecular weight excluding hydrogens is 518 g/mol. The van der Waals surface area contributed by atoms with Crippen molar-refractivity contribution in [2.75, 3.05) is 15.5 Å². The summed E-state index contributed by atoms with van der Waals surface area (Å²) in [5.41, 5.74) is 0.125. The molecular formula is C25H16Cl2F3N3O3. The van der Waals surface area contributed by atoms with Crippen LogP contribution in [0.1, 0.15) is 11.1 Å². The molecule has 2 N–H and O–H groups in total. The van der Waals surface area contributed by atoms with Crippen molar-refractivity contribution in [1.82, 2.24) is 0 Å². The van der Waals surface area contributed by atoms with E-state index in [0.29, 0.717) is 32.9 Å². The molecule has 0 fully saturated rings. The molecule has 36 heavy (non-hydrogen) atoms. The first-order chi connectivity index (χ1) is 17.0. The van der Waals surface area contributed by atoms with Crippen LogP contribution in [0.15, 0.2) is 83.5 Å². The topological polar surface area (TPSA) is 78.5 Å². The molecule has 1 aliphatic heterocycles. The molecule has 184 valence electrons. The van der Waals surface area contributed by atoms with Gasteiger partial charge in [0.2, 0.25) is 5.91 Å². The average Bonchev–Trinajstić information content (AvgIpc) is 3.04. The third-order valence-electron chi connectivity index (χ3n) is 5.17. The van der Waals surface area contributed by atoms with Crippen LogP contribution in [0, 0.1) is 0 Å². The van der Waals surface area contributed by atoms with Gasteiger partial charge in [0, 0.05) is 16.4 Å². The Balaban J connectivity index is 1.44. The normalized spacial score (nSPS) is 13.9. The second kappa shape index (κ2) is 10.0. The first-order valence-electron chi connectivity index (χ1n) is 10.4. The number of halogens is 5. The van der Waals surface area contributed by atoms with Crippen LogP contribution in [0.2, 0.25) is 5.02 Å². The van der Waals surface area contributed by atoms with Crippen LogP contribution in [0.25, 0.3) is 0 Å². The average molecular weight is 534 g/mol. The number of carbonyl (C=O) groups is 3. The zero-order valence-electron chi connectivity index (χ0n) is 18.2. The van der Waals surface area contributed by atoms with E-state index in [9.17, 15) is 27.6 Å². The summed E-state index contributed by atoms with van der Waals surface area (Å²) in [6, 6.07) is 16.9. The molecule has 3 aromatic carbocycles. The largest absolute Gasteiger partial charge is 0.416 e. The van der Waals surface area contributed by atoms with Gasteiger partial charge in [-0.2, -0.15) is 13.2 Å². The maximum Gasteiger partial charge on any atom is 0.416 e. The second-order valence-corrected chi connectivity index (χ2v) is 8.55.